The second-order valence-corrected chi connectivity index (χ2v) is 9.45. The third kappa shape index (κ3) is 20.3. The Morgan fingerprint density at radius 1 is 0.520 bits per heavy atom. The van der Waals surface area contributed by atoms with Crippen LogP contribution in [0.2, 0.25) is 0 Å². The first kappa shape index (κ1) is 25.1. The molecule has 0 N–H and O–H groups in total. The van der Waals surface area contributed by atoms with Crippen LogP contribution in [-0.4, -0.2) is 19.9 Å². The summed E-state index contributed by atoms with van der Waals surface area (Å²) in [5.41, 5.74) is 0. The molecule has 0 atom stereocenters. The smallest absolute Gasteiger partial charge is 0.309 e. The summed E-state index contributed by atoms with van der Waals surface area (Å²) < 4.78 is 23.1. The molecule has 0 aromatic carbocycles. The van der Waals surface area contributed by atoms with Crippen molar-refractivity contribution in [2.24, 2.45) is 0 Å². The lowest BCUT2D eigenvalue weighted by Crippen LogP contribution is -1.98. The molecule has 0 aromatic rings. The van der Waals surface area contributed by atoms with Crippen LogP contribution in [0.4, 0.5) is 0 Å². The summed E-state index contributed by atoms with van der Waals surface area (Å²) in [6, 6.07) is 0. The Labute approximate surface area is 158 Å². The van der Waals surface area contributed by atoms with Gasteiger partial charge in [-0.25, -0.2) is 0 Å². The zero-order valence-corrected chi connectivity index (χ0v) is 18.3. The Morgan fingerprint density at radius 3 is 1.12 bits per heavy atom. The number of unbranched alkanes of at least 4 members (excludes halogenated alkanes) is 14. The molecule has 0 saturated carbocycles. The lowest BCUT2D eigenvalue weighted by Gasteiger charge is -2.14. The lowest BCUT2D eigenvalue weighted by atomic mass is 10.1. The summed E-state index contributed by atoms with van der Waals surface area (Å²) in [6.07, 6.45) is 20.2. The maximum Gasteiger partial charge on any atom is 0.327 e. The largest absolute Gasteiger partial charge is 0.327 e. The Balaban J connectivity index is 3.34. The highest BCUT2D eigenvalue weighted by Crippen LogP contribution is 2.44. The Kier molecular flexibility index (Phi) is 19.0. The monoisotopic (exact) mass is 376 g/mol. The molecular formula is C21H45O3P. The molecule has 4 heteroatoms. The van der Waals surface area contributed by atoms with E-state index in [1.54, 1.807) is 6.66 Å². The topological polar surface area (TPSA) is 35.5 Å². The summed E-state index contributed by atoms with van der Waals surface area (Å²) in [6.45, 7) is 7.25. The first-order chi connectivity index (χ1) is 12.1. The predicted octanol–water partition coefficient (Wildman–Crippen LogP) is 8.12. The van der Waals surface area contributed by atoms with Gasteiger partial charge in [-0.2, -0.15) is 0 Å². The van der Waals surface area contributed by atoms with Gasteiger partial charge in [-0.05, 0) is 12.8 Å². The van der Waals surface area contributed by atoms with Crippen molar-refractivity contribution in [3.63, 3.8) is 0 Å². The molecule has 0 aromatic heterocycles. The van der Waals surface area contributed by atoms with Crippen molar-refractivity contribution in [2.75, 3.05) is 19.9 Å². The lowest BCUT2D eigenvalue weighted by molar-refractivity contribution is 0.202. The third-order valence-corrected chi connectivity index (χ3v) is 5.95. The molecule has 0 unspecified atom stereocenters. The van der Waals surface area contributed by atoms with E-state index in [-0.39, 0.29) is 0 Å². The van der Waals surface area contributed by atoms with E-state index in [1.165, 1.54) is 89.9 Å². The van der Waals surface area contributed by atoms with Crippen molar-refractivity contribution in [3.8, 4) is 0 Å². The fourth-order valence-corrected chi connectivity index (χ4v) is 3.97. The fraction of sp³-hybridized carbons (Fsp3) is 1.00. The molecule has 0 heterocycles. The van der Waals surface area contributed by atoms with Crippen LogP contribution in [-0.2, 0) is 13.6 Å². The standard InChI is InChI=1S/C21H45O3P/c1-4-6-8-10-12-14-16-18-20-23-25(3,22)24-21-19-17-15-13-11-9-7-5-2/h4-21H2,1-3H3. The van der Waals surface area contributed by atoms with Crippen LogP contribution in [0.15, 0.2) is 0 Å². The molecule has 0 fully saturated rings. The van der Waals surface area contributed by atoms with E-state index in [0.717, 1.165) is 12.8 Å². The summed E-state index contributed by atoms with van der Waals surface area (Å²) in [5.74, 6) is 0. The van der Waals surface area contributed by atoms with Crippen molar-refractivity contribution in [3.05, 3.63) is 0 Å². The van der Waals surface area contributed by atoms with Crippen LogP contribution in [0, 0.1) is 0 Å². The van der Waals surface area contributed by atoms with E-state index in [0.29, 0.717) is 13.2 Å². The first-order valence-electron chi connectivity index (χ1n) is 11.0. The minimum Gasteiger partial charge on any atom is -0.309 e. The molecule has 25 heavy (non-hydrogen) atoms. The van der Waals surface area contributed by atoms with Crippen molar-refractivity contribution in [1.29, 1.82) is 0 Å². The van der Waals surface area contributed by atoms with E-state index in [9.17, 15) is 4.57 Å². The summed E-state index contributed by atoms with van der Waals surface area (Å²) in [7, 11) is -2.83. The normalized spacial score (nSPS) is 12.0. The van der Waals surface area contributed by atoms with Crippen LogP contribution < -0.4 is 0 Å². The van der Waals surface area contributed by atoms with Crippen LogP contribution >= 0.6 is 7.60 Å². The minimum absolute atomic E-state index is 0.570. The van der Waals surface area contributed by atoms with Crippen molar-refractivity contribution in [1.82, 2.24) is 0 Å². The Bertz CT molecular complexity index is 282. The van der Waals surface area contributed by atoms with Crippen LogP contribution in [0.5, 0.6) is 0 Å². The molecule has 0 aliphatic carbocycles. The Morgan fingerprint density at radius 2 is 0.800 bits per heavy atom. The molecule has 0 aliphatic rings. The highest BCUT2D eigenvalue weighted by Gasteiger charge is 2.15. The van der Waals surface area contributed by atoms with Gasteiger partial charge < -0.3 is 9.05 Å². The van der Waals surface area contributed by atoms with Crippen molar-refractivity contribution < 1.29 is 13.6 Å². The molecule has 0 bridgehead atoms. The number of rotatable bonds is 20. The van der Waals surface area contributed by atoms with Gasteiger partial charge in [-0.3, -0.25) is 4.57 Å². The van der Waals surface area contributed by atoms with E-state index in [4.69, 9.17) is 9.05 Å². The van der Waals surface area contributed by atoms with Crippen molar-refractivity contribution in [2.45, 2.75) is 117 Å². The quantitative estimate of drug-likeness (QED) is 0.159. The molecule has 0 spiro atoms. The average Bonchev–Trinajstić information content (AvgIpc) is 2.59. The average molecular weight is 377 g/mol. The van der Waals surface area contributed by atoms with Gasteiger partial charge >= 0.3 is 7.60 Å². The minimum atomic E-state index is -2.83. The zero-order chi connectivity index (χ0) is 18.6. The van der Waals surface area contributed by atoms with Crippen molar-refractivity contribution >= 4 is 7.60 Å². The summed E-state index contributed by atoms with van der Waals surface area (Å²) in [5, 5.41) is 0. The van der Waals surface area contributed by atoms with Crippen LogP contribution in [0.25, 0.3) is 0 Å². The van der Waals surface area contributed by atoms with Gasteiger partial charge in [0.05, 0.1) is 13.2 Å². The summed E-state index contributed by atoms with van der Waals surface area (Å²) >= 11 is 0. The molecule has 3 nitrogen and oxygen atoms in total. The van der Waals surface area contributed by atoms with Gasteiger partial charge in [0.25, 0.3) is 0 Å². The molecule has 0 amide bonds. The first-order valence-corrected chi connectivity index (χ1v) is 13.0. The molecule has 0 saturated heterocycles. The molecule has 0 aliphatic heterocycles. The molecule has 0 radical (unpaired) electrons. The molecule has 0 rings (SSSR count). The van der Waals surface area contributed by atoms with Gasteiger partial charge in [0.2, 0.25) is 0 Å². The van der Waals surface area contributed by atoms with Gasteiger partial charge in [0.1, 0.15) is 0 Å². The maximum atomic E-state index is 12.2. The highest BCUT2D eigenvalue weighted by molar-refractivity contribution is 7.52. The fourth-order valence-electron chi connectivity index (χ4n) is 2.97. The van der Waals surface area contributed by atoms with Gasteiger partial charge in [0.15, 0.2) is 0 Å². The zero-order valence-electron chi connectivity index (χ0n) is 17.4. The molecular weight excluding hydrogens is 331 g/mol. The van der Waals surface area contributed by atoms with Crippen LogP contribution in [0.3, 0.4) is 0 Å². The van der Waals surface area contributed by atoms with Gasteiger partial charge in [0, 0.05) is 6.66 Å². The van der Waals surface area contributed by atoms with Gasteiger partial charge in [-0.15, -0.1) is 0 Å². The number of hydrogen-bond donors (Lipinski definition) is 0. The van der Waals surface area contributed by atoms with E-state index < -0.39 is 7.60 Å². The highest BCUT2D eigenvalue weighted by atomic mass is 31.2. The second kappa shape index (κ2) is 18.9. The van der Waals surface area contributed by atoms with E-state index in [1.807, 2.05) is 0 Å². The third-order valence-electron chi connectivity index (χ3n) is 4.65. The van der Waals surface area contributed by atoms with E-state index in [2.05, 4.69) is 13.8 Å². The maximum absolute atomic E-state index is 12.2. The Hall–Kier alpha value is 0.150. The SMILES string of the molecule is CCCCCCCCCCOP(C)(=O)OCCCCCCCCCC. The number of hydrogen-bond acceptors (Lipinski definition) is 3. The van der Waals surface area contributed by atoms with E-state index >= 15 is 0 Å². The summed E-state index contributed by atoms with van der Waals surface area (Å²) in [4.78, 5) is 0. The van der Waals surface area contributed by atoms with Gasteiger partial charge in [-0.1, -0.05) is 104 Å². The second-order valence-electron chi connectivity index (χ2n) is 7.39. The molecule has 152 valence electrons. The van der Waals surface area contributed by atoms with Crippen LogP contribution in [0.1, 0.15) is 117 Å². The predicted molar refractivity (Wildman–Crippen MR) is 111 cm³/mol.